The molecule has 19 nitrogen and oxygen atoms in total. The van der Waals surface area contributed by atoms with Gasteiger partial charge in [-0.25, -0.2) is 0 Å². The highest BCUT2D eigenvalue weighted by Gasteiger charge is 2.53. The van der Waals surface area contributed by atoms with Crippen LogP contribution in [0, 0.1) is 0 Å². The van der Waals surface area contributed by atoms with Crippen LogP contribution in [0.1, 0.15) is 245 Å². The third-order valence-corrected chi connectivity index (χ3v) is 16.6. The minimum atomic E-state index is -1.97. The van der Waals surface area contributed by atoms with Crippen LogP contribution in [0.5, 0.6) is 0 Å². The van der Waals surface area contributed by atoms with Crippen molar-refractivity contribution in [1.82, 2.24) is 5.32 Å². The Hall–Kier alpha value is -1.47. The number of nitrogens with one attached hydrogen (secondary N) is 1. The second-order valence-electron chi connectivity index (χ2n) is 23.6. The first kappa shape index (κ1) is 73.8. The second kappa shape index (κ2) is 45.8. The van der Waals surface area contributed by atoms with Gasteiger partial charge in [-0.3, -0.25) is 4.79 Å². The molecule has 12 N–H and O–H groups in total. The first-order chi connectivity index (χ1) is 39.3. The van der Waals surface area contributed by atoms with Crippen LogP contribution in [0.3, 0.4) is 0 Å². The molecule has 17 atom stereocenters. The van der Waals surface area contributed by atoms with E-state index >= 15 is 0 Å². The lowest BCUT2D eigenvalue weighted by Gasteiger charge is -2.48. The van der Waals surface area contributed by atoms with Gasteiger partial charge in [-0.05, 0) is 19.3 Å². The number of allylic oxidation sites excluding steroid dienone is 1. The molecule has 81 heavy (non-hydrogen) atoms. The molecule has 0 aromatic carbocycles. The van der Waals surface area contributed by atoms with Gasteiger partial charge in [0.25, 0.3) is 0 Å². The minimum absolute atomic E-state index is 0.249. The monoisotopic (exact) mass is 1160 g/mol. The summed E-state index contributed by atoms with van der Waals surface area (Å²) >= 11 is 0. The van der Waals surface area contributed by atoms with Crippen LogP contribution in [-0.4, -0.2) is 193 Å². The van der Waals surface area contributed by atoms with Crippen molar-refractivity contribution < 1.29 is 89.4 Å². The molecule has 17 unspecified atom stereocenters. The Morgan fingerprint density at radius 2 is 0.765 bits per heavy atom. The van der Waals surface area contributed by atoms with E-state index < -0.39 is 124 Å². The molecule has 0 spiro atoms. The van der Waals surface area contributed by atoms with Gasteiger partial charge in [-0.1, -0.05) is 231 Å². The molecule has 0 radical (unpaired) electrons. The van der Waals surface area contributed by atoms with Crippen molar-refractivity contribution in [3.63, 3.8) is 0 Å². The molecule has 3 heterocycles. The fourth-order valence-corrected chi connectivity index (χ4v) is 11.3. The highest BCUT2D eigenvalue weighted by atomic mass is 16.8. The van der Waals surface area contributed by atoms with Crippen LogP contribution in [0.25, 0.3) is 0 Å². The number of rotatable bonds is 49. The van der Waals surface area contributed by atoms with E-state index in [4.69, 9.17) is 28.4 Å². The Bertz CT molecular complexity index is 1530. The van der Waals surface area contributed by atoms with E-state index in [9.17, 15) is 61.0 Å². The van der Waals surface area contributed by atoms with Crippen LogP contribution < -0.4 is 5.32 Å². The van der Waals surface area contributed by atoms with Crippen molar-refractivity contribution in [3.05, 3.63) is 12.2 Å². The fraction of sp³-hybridized carbons (Fsp3) is 0.952. The Morgan fingerprint density at radius 3 is 1.16 bits per heavy atom. The zero-order valence-corrected chi connectivity index (χ0v) is 50.0. The lowest BCUT2D eigenvalue weighted by molar-refractivity contribution is -0.379. The molecule has 0 aliphatic carbocycles. The molecule has 478 valence electrons. The molecule has 19 heteroatoms. The van der Waals surface area contributed by atoms with E-state index in [1.54, 1.807) is 6.08 Å². The number of hydrogen-bond donors (Lipinski definition) is 12. The third-order valence-electron chi connectivity index (χ3n) is 16.6. The zero-order chi connectivity index (χ0) is 59.0. The van der Waals surface area contributed by atoms with Gasteiger partial charge in [-0.15, -0.1) is 0 Å². The average Bonchev–Trinajstić information content (AvgIpc) is 3.48. The van der Waals surface area contributed by atoms with Crippen molar-refractivity contribution >= 4 is 5.91 Å². The largest absolute Gasteiger partial charge is 0.394 e. The number of amides is 1. The van der Waals surface area contributed by atoms with Crippen molar-refractivity contribution in [2.45, 2.75) is 349 Å². The molecule has 3 aliphatic rings. The molecular formula is C62H117NO18. The Labute approximate surface area is 486 Å². The number of unbranched alkanes of at least 4 members (excludes halogenated alkanes) is 33. The SMILES string of the molecule is CCCCCCCCCCCCCCCCCC/C=C/C(O)C(COC1OC(CO)C(OC2OC(CO)C(OC3OC(CO)C(O)C(O)C3O)C(O)C2O)C(O)C1O)NC(=O)CCCCCCCCCCCCCCCCCCCC. The van der Waals surface area contributed by atoms with Gasteiger partial charge in [0, 0.05) is 6.42 Å². The maximum Gasteiger partial charge on any atom is 0.220 e. The van der Waals surface area contributed by atoms with Gasteiger partial charge >= 0.3 is 0 Å². The molecule has 1 amide bonds. The molecule has 3 saturated heterocycles. The molecule has 0 aromatic heterocycles. The molecule has 0 bridgehead atoms. The van der Waals surface area contributed by atoms with Gasteiger partial charge < -0.3 is 89.9 Å². The summed E-state index contributed by atoms with van der Waals surface area (Å²) in [5, 5.41) is 120. The number of aliphatic hydroxyl groups excluding tert-OH is 11. The van der Waals surface area contributed by atoms with Crippen LogP contribution in [0.2, 0.25) is 0 Å². The summed E-state index contributed by atoms with van der Waals surface area (Å²) in [4.78, 5) is 13.4. The lowest BCUT2D eigenvalue weighted by Crippen LogP contribution is -2.66. The topological polar surface area (TPSA) is 307 Å². The Kier molecular flexibility index (Phi) is 41.7. The van der Waals surface area contributed by atoms with Crippen molar-refractivity contribution in [2.24, 2.45) is 0 Å². The van der Waals surface area contributed by atoms with E-state index in [1.807, 2.05) is 6.08 Å². The summed E-state index contributed by atoms with van der Waals surface area (Å²) in [7, 11) is 0. The predicted octanol–water partition coefficient (Wildman–Crippen LogP) is 6.94. The first-order valence-corrected chi connectivity index (χ1v) is 32.4. The quantitative estimate of drug-likeness (QED) is 0.0217. The van der Waals surface area contributed by atoms with Crippen LogP contribution in [-0.2, 0) is 33.2 Å². The molecule has 0 aromatic rings. The summed E-state index contributed by atoms with van der Waals surface area (Å²) in [6.07, 6.45) is 20.4. The summed E-state index contributed by atoms with van der Waals surface area (Å²) in [6.45, 7) is 1.76. The highest BCUT2D eigenvalue weighted by Crippen LogP contribution is 2.33. The fourth-order valence-electron chi connectivity index (χ4n) is 11.3. The van der Waals surface area contributed by atoms with E-state index in [1.165, 1.54) is 173 Å². The summed E-state index contributed by atoms with van der Waals surface area (Å²) in [6, 6.07) is -0.967. The van der Waals surface area contributed by atoms with Crippen LogP contribution in [0.4, 0.5) is 0 Å². The van der Waals surface area contributed by atoms with Crippen LogP contribution >= 0.6 is 0 Å². The Morgan fingerprint density at radius 1 is 0.432 bits per heavy atom. The van der Waals surface area contributed by atoms with Gasteiger partial charge in [0.1, 0.15) is 73.2 Å². The highest BCUT2D eigenvalue weighted by molar-refractivity contribution is 5.76. The van der Waals surface area contributed by atoms with Crippen molar-refractivity contribution in [3.8, 4) is 0 Å². The van der Waals surface area contributed by atoms with E-state index in [2.05, 4.69) is 19.2 Å². The smallest absolute Gasteiger partial charge is 0.220 e. The van der Waals surface area contributed by atoms with Gasteiger partial charge in [-0.2, -0.15) is 0 Å². The number of ether oxygens (including phenoxy) is 6. The van der Waals surface area contributed by atoms with Gasteiger partial charge in [0.2, 0.25) is 5.91 Å². The maximum absolute atomic E-state index is 13.4. The number of aliphatic hydroxyl groups is 11. The minimum Gasteiger partial charge on any atom is -0.394 e. The first-order valence-electron chi connectivity index (χ1n) is 32.4. The van der Waals surface area contributed by atoms with E-state index in [-0.39, 0.29) is 18.9 Å². The lowest BCUT2D eigenvalue weighted by atomic mass is 9.96. The van der Waals surface area contributed by atoms with Crippen LogP contribution in [0.15, 0.2) is 12.2 Å². The average molecular weight is 1160 g/mol. The summed E-state index contributed by atoms with van der Waals surface area (Å²) in [5.41, 5.74) is 0. The normalized spacial score (nSPS) is 29.8. The summed E-state index contributed by atoms with van der Waals surface area (Å²) in [5.74, 6) is -0.271. The summed E-state index contributed by atoms with van der Waals surface area (Å²) < 4.78 is 34.3. The van der Waals surface area contributed by atoms with Crippen molar-refractivity contribution in [1.29, 1.82) is 0 Å². The molecular weight excluding hydrogens is 1050 g/mol. The predicted molar refractivity (Wildman–Crippen MR) is 310 cm³/mol. The third kappa shape index (κ3) is 29.2. The van der Waals surface area contributed by atoms with E-state index in [0.717, 1.165) is 44.9 Å². The molecule has 3 rings (SSSR count). The molecule has 0 saturated carbocycles. The number of carbonyl (C=O) groups excluding carboxylic acids is 1. The standard InChI is InChI=1S/C62H117NO18/c1-3-5-7-9-11-13-15-17-19-21-23-25-27-29-31-33-35-37-39-46(67)45(63-50(68)40-38-36-34-32-30-28-26-24-22-20-18-16-14-12-10-8-6-4-2)44-76-60-56(74)53(71)58(48(42-65)78-60)81-62-57(75)54(72)59(49(43-66)79-62)80-61-55(73)52(70)51(69)47(41-64)77-61/h37,39,45-49,51-62,64-67,69-75H,3-36,38,40-44H2,1-2H3,(H,63,68)/b39-37+. The maximum atomic E-state index is 13.4. The van der Waals surface area contributed by atoms with Gasteiger partial charge in [0.05, 0.1) is 38.6 Å². The number of hydrogen-bond acceptors (Lipinski definition) is 18. The van der Waals surface area contributed by atoms with Crippen molar-refractivity contribution in [2.75, 3.05) is 26.4 Å². The zero-order valence-electron chi connectivity index (χ0n) is 50.0. The second-order valence-corrected chi connectivity index (χ2v) is 23.6. The van der Waals surface area contributed by atoms with E-state index in [0.29, 0.717) is 6.42 Å². The Balaban J connectivity index is 1.48. The van der Waals surface area contributed by atoms with Gasteiger partial charge in [0.15, 0.2) is 18.9 Å². The number of carbonyl (C=O) groups is 1. The molecule has 3 aliphatic heterocycles. The molecule has 3 fully saturated rings.